The maximum Gasteiger partial charge on any atom is 0.293 e. The van der Waals surface area contributed by atoms with Crippen LogP contribution in [-0.2, 0) is 34.2 Å². The zero-order chi connectivity index (χ0) is 41.2. The van der Waals surface area contributed by atoms with Gasteiger partial charge in [0, 0.05) is 36.7 Å². The summed E-state index contributed by atoms with van der Waals surface area (Å²) in [5, 5.41) is 6.85. The Morgan fingerprint density at radius 2 is 1.70 bits per heavy atom. The number of hydrogen-bond donors (Lipinski definition) is 2. The summed E-state index contributed by atoms with van der Waals surface area (Å²) in [6.45, 7) is 0. The van der Waals surface area contributed by atoms with Crippen molar-refractivity contribution in [3.63, 3.8) is 0 Å². The molecule has 0 radical (unpaired) electrons. The summed E-state index contributed by atoms with van der Waals surface area (Å²) in [6, 6.07) is 3.16. The molecule has 1 unspecified atom stereocenters. The standard InChI is InChI=1S/C35H25ClF8N8O4S/c1-50-28-22(4-3-19(36)24(28)32(48-50)49-57(2,55)56)51-33(46-21-10-15(39)9-20(40)25(21)34(51)54)17(7-12-5-13(37)8-14(38)6-12)27(31(45)53)52-29-23(26(47-52)30(41)42)16-11-18(16)35(29,43)44/h3-6,8-10,16-18,27,30H,7,11H2,1-2H3,(H2,45,53)(H,48,49)/t16-,17-,18+,27?/m0/s1. The van der Waals surface area contributed by atoms with E-state index in [1.165, 1.54) is 19.2 Å². The van der Waals surface area contributed by atoms with Gasteiger partial charge in [0.15, 0.2) is 5.82 Å². The largest absolute Gasteiger partial charge is 0.368 e. The summed E-state index contributed by atoms with van der Waals surface area (Å²) in [4.78, 5) is 32.8. The number of nitrogens with zero attached hydrogens (tertiary/aromatic N) is 6. The minimum atomic E-state index is -4.02. The lowest BCUT2D eigenvalue weighted by Gasteiger charge is -2.30. The van der Waals surface area contributed by atoms with Gasteiger partial charge in [0.2, 0.25) is 15.9 Å². The van der Waals surface area contributed by atoms with Crippen LogP contribution in [0.25, 0.3) is 27.5 Å². The molecule has 57 heavy (non-hydrogen) atoms. The van der Waals surface area contributed by atoms with Gasteiger partial charge < -0.3 is 5.73 Å². The van der Waals surface area contributed by atoms with Crippen molar-refractivity contribution in [3.8, 4) is 5.69 Å². The molecule has 3 aromatic heterocycles. The van der Waals surface area contributed by atoms with Gasteiger partial charge in [-0.05, 0) is 48.6 Å². The number of carbonyl (C=O) groups excluding carboxylic acids is 1. The average molecular weight is 841 g/mol. The molecule has 4 atom stereocenters. The van der Waals surface area contributed by atoms with E-state index in [1.807, 2.05) is 0 Å². The quantitative estimate of drug-likeness (QED) is 0.154. The van der Waals surface area contributed by atoms with Crippen LogP contribution >= 0.6 is 11.6 Å². The minimum Gasteiger partial charge on any atom is -0.368 e. The Hall–Kier alpha value is -5.57. The van der Waals surface area contributed by atoms with Crippen molar-refractivity contribution in [3.05, 3.63) is 109 Å². The molecule has 2 aliphatic rings. The van der Waals surface area contributed by atoms with Gasteiger partial charge >= 0.3 is 0 Å². The van der Waals surface area contributed by atoms with Crippen molar-refractivity contribution in [2.24, 2.45) is 18.7 Å². The number of carbonyl (C=O) groups is 1. The second-order valence-corrected chi connectivity index (χ2v) is 16.1. The average Bonchev–Trinajstić information content (AvgIpc) is 3.61. The van der Waals surface area contributed by atoms with Crippen LogP contribution in [0.2, 0.25) is 5.02 Å². The summed E-state index contributed by atoms with van der Waals surface area (Å²) in [5.41, 5.74) is 0.531. The molecule has 3 heterocycles. The molecule has 298 valence electrons. The summed E-state index contributed by atoms with van der Waals surface area (Å²) < 4.78 is 150. The van der Waals surface area contributed by atoms with E-state index >= 15 is 13.2 Å². The Balaban J connectivity index is 1.50. The van der Waals surface area contributed by atoms with Gasteiger partial charge in [-0.1, -0.05) is 11.6 Å². The van der Waals surface area contributed by atoms with Crippen LogP contribution in [0.5, 0.6) is 0 Å². The monoisotopic (exact) mass is 840 g/mol. The molecule has 6 aromatic rings. The number of alkyl halides is 4. The highest BCUT2D eigenvalue weighted by molar-refractivity contribution is 7.92. The smallest absolute Gasteiger partial charge is 0.293 e. The van der Waals surface area contributed by atoms with Crippen molar-refractivity contribution in [2.75, 3.05) is 11.0 Å². The lowest BCUT2D eigenvalue weighted by molar-refractivity contribution is -0.122. The van der Waals surface area contributed by atoms with Crippen molar-refractivity contribution >= 4 is 55.2 Å². The van der Waals surface area contributed by atoms with E-state index in [-0.39, 0.29) is 39.4 Å². The number of nitrogens with one attached hydrogen (secondary N) is 1. The number of rotatable bonds is 10. The first kappa shape index (κ1) is 38.3. The number of fused-ring (bicyclic) bond motifs is 5. The number of aryl methyl sites for hydroxylation is 1. The van der Waals surface area contributed by atoms with Gasteiger partial charge in [-0.3, -0.25) is 23.6 Å². The number of nitrogens with two attached hydrogens (primary N) is 1. The highest BCUT2D eigenvalue weighted by Gasteiger charge is 2.67. The summed E-state index contributed by atoms with van der Waals surface area (Å²) in [5.74, 6) is -15.7. The second kappa shape index (κ2) is 13.0. The van der Waals surface area contributed by atoms with Crippen molar-refractivity contribution in [1.82, 2.24) is 29.1 Å². The predicted molar refractivity (Wildman–Crippen MR) is 188 cm³/mol. The molecule has 8 rings (SSSR count). The molecule has 22 heteroatoms. The molecule has 1 fully saturated rings. The minimum absolute atomic E-state index is 0.125. The van der Waals surface area contributed by atoms with Gasteiger partial charge in [0.1, 0.15) is 51.9 Å². The fourth-order valence-electron chi connectivity index (χ4n) is 7.95. The summed E-state index contributed by atoms with van der Waals surface area (Å²) in [7, 11) is -2.72. The SMILES string of the molecule is Cn1nc(NS(C)(=O)=O)c2c(Cl)ccc(-n3c([C@@H](Cc4cc(F)cc(F)c4)C(C(N)=O)n4nc(C(F)F)c5c4C(F)(F)[C@@H]4C[C@H]54)nc4cc(F)cc(F)c4c3=O)c21. The van der Waals surface area contributed by atoms with Crippen LogP contribution in [0.3, 0.4) is 0 Å². The maximum atomic E-state index is 16.0. The van der Waals surface area contributed by atoms with Crippen LogP contribution in [0.4, 0.5) is 40.9 Å². The van der Waals surface area contributed by atoms with E-state index in [0.717, 1.165) is 23.1 Å². The first-order valence-electron chi connectivity index (χ1n) is 16.8. The third-order valence-corrected chi connectivity index (χ3v) is 11.0. The predicted octanol–water partition coefficient (Wildman–Crippen LogP) is 6.25. The number of sulfonamides is 1. The van der Waals surface area contributed by atoms with Gasteiger partial charge in [0.05, 0.1) is 39.3 Å². The van der Waals surface area contributed by atoms with Gasteiger partial charge in [-0.2, -0.15) is 19.0 Å². The van der Waals surface area contributed by atoms with Crippen molar-refractivity contribution < 1.29 is 48.3 Å². The van der Waals surface area contributed by atoms with Gasteiger partial charge in [-0.25, -0.2) is 44.4 Å². The molecule has 2 aliphatic carbocycles. The second-order valence-electron chi connectivity index (χ2n) is 13.9. The van der Waals surface area contributed by atoms with E-state index in [9.17, 15) is 40.0 Å². The van der Waals surface area contributed by atoms with E-state index < -0.39 is 121 Å². The highest BCUT2D eigenvalue weighted by atomic mass is 35.5. The first-order chi connectivity index (χ1) is 26.7. The topological polar surface area (TPSA) is 160 Å². The molecule has 3 aromatic carbocycles. The van der Waals surface area contributed by atoms with Crippen LogP contribution in [0.15, 0.2) is 47.3 Å². The summed E-state index contributed by atoms with van der Waals surface area (Å²) in [6.07, 6.45) is -3.57. The van der Waals surface area contributed by atoms with E-state index in [1.54, 1.807) is 0 Å². The number of aromatic nitrogens is 6. The lowest BCUT2D eigenvalue weighted by Crippen LogP contribution is -2.39. The Kier molecular flexibility index (Phi) is 8.72. The zero-order valence-corrected chi connectivity index (χ0v) is 30.6. The van der Waals surface area contributed by atoms with Crippen LogP contribution in [0, 0.1) is 29.2 Å². The van der Waals surface area contributed by atoms with Crippen LogP contribution in [-0.4, -0.2) is 49.7 Å². The molecule has 0 saturated heterocycles. The first-order valence-corrected chi connectivity index (χ1v) is 19.0. The van der Waals surface area contributed by atoms with Gasteiger partial charge in [-0.15, -0.1) is 0 Å². The van der Waals surface area contributed by atoms with E-state index in [2.05, 4.69) is 19.9 Å². The van der Waals surface area contributed by atoms with Crippen LogP contribution in [0.1, 0.15) is 59.1 Å². The number of anilines is 1. The molecule has 0 aliphatic heterocycles. The number of hydrogen-bond acceptors (Lipinski definition) is 7. The molecule has 1 saturated carbocycles. The fraction of sp³-hybridized carbons (Fsp3) is 0.286. The number of primary amides is 1. The van der Waals surface area contributed by atoms with Crippen molar-refractivity contribution in [1.29, 1.82) is 0 Å². The Morgan fingerprint density at radius 3 is 2.33 bits per heavy atom. The third kappa shape index (κ3) is 6.17. The third-order valence-electron chi connectivity index (χ3n) is 10.1. The van der Waals surface area contributed by atoms with E-state index in [0.29, 0.717) is 27.4 Å². The highest BCUT2D eigenvalue weighted by Crippen LogP contribution is 2.68. The molecular formula is C35H25ClF8N8O4S. The molecule has 3 N–H and O–H groups in total. The normalized spacial score (nSPS) is 18.2. The summed E-state index contributed by atoms with van der Waals surface area (Å²) >= 11 is 6.51. The number of amides is 1. The fourth-order valence-corrected chi connectivity index (χ4v) is 8.68. The van der Waals surface area contributed by atoms with Gasteiger partial charge in [0.25, 0.3) is 17.9 Å². The molecular weight excluding hydrogens is 816 g/mol. The molecule has 12 nitrogen and oxygen atoms in total. The van der Waals surface area contributed by atoms with E-state index in [4.69, 9.17) is 17.3 Å². The Morgan fingerprint density at radius 1 is 1.04 bits per heavy atom. The van der Waals surface area contributed by atoms with Crippen molar-refractivity contribution in [2.45, 2.75) is 43.1 Å². The Bertz CT molecular complexity index is 2880. The maximum absolute atomic E-state index is 16.0. The zero-order valence-electron chi connectivity index (χ0n) is 29.0. The molecule has 0 spiro atoms. The number of benzene rings is 3. The molecule has 1 amide bonds. The van der Waals surface area contributed by atoms with Crippen LogP contribution < -0.4 is 16.0 Å². The Labute approximate surface area is 319 Å². The molecule has 0 bridgehead atoms. The lowest BCUT2D eigenvalue weighted by atomic mass is 9.89. The number of halogens is 9.